The number of benzene rings is 2. The SMILES string of the molecule is CC(=O)OCCC1CCN(C(=O)C(Cc2nc3ccccc3o2)NS(=O)(=O)c2cccc3c2NC[C@@H](C)C3)CC1. The number of ether oxygens (including phenoxy) is 1. The number of fused-ring (bicyclic) bond motifs is 2. The topological polar surface area (TPSA) is 131 Å². The van der Waals surface area contributed by atoms with E-state index in [1.807, 2.05) is 24.3 Å². The number of esters is 1. The average Bonchev–Trinajstić information content (AvgIpc) is 3.34. The number of carbonyl (C=O) groups excluding carboxylic acids is 2. The van der Waals surface area contributed by atoms with Crippen molar-refractivity contribution in [3.05, 3.63) is 53.9 Å². The lowest BCUT2D eigenvalue weighted by molar-refractivity contribution is -0.141. The Kier molecular flexibility index (Phi) is 8.41. The van der Waals surface area contributed by atoms with Crippen LogP contribution < -0.4 is 10.0 Å². The Hall–Kier alpha value is -3.44. The van der Waals surface area contributed by atoms with Gasteiger partial charge >= 0.3 is 5.97 Å². The standard InChI is InChI=1S/C29H36N4O6S/c1-19-16-22-6-5-9-26(28(22)30-18-19)40(36,37)32-24(17-27-31-23-7-3-4-8-25(23)39-27)29(35)33-13-10-21(11-14-33)12-15-38-20(2)34/h3-9,19,21,24,30,32H,10-18H2,1-2H3/t19-,24?/m0/s1. The van der Waals surface area contributed by atoms with Crippen molar-refractivity contribution in [1.29, 1.82) is 0 Å². The molecule has 2 aromatic carbocycles. The van der Waals surface area contributed by atoms with Crippen molar-refractivity contribution in [2.75, 3.05) is 31.6 Å². The number of para-hydroxylation sites is 3. The van der Waals surface area contributed by atoms with Gasteiger partial charge in [0.05, 0.1) is 12.3 Å². The highest BCUT2D eigenvalue weighted by molar-refractivity contribution is 7.89. The number of nitrogens with zero attached hydrogens (tertiary/aromatic N) is 2. The number of oxazole rings is 1. The van der Waals surface area contributed by atoms with E-state index in [-0.39, 0.29) is 23.2 Å². The van der Waals surface area contributed by atoms with Gasteiger partial charge < -0.3 is 19.4 Å². The molecule has 0 spiro atoms. The van der Waals surface area contributed by atoms with Crippen LogP contribution in [0, 0.1) is 11.8 Å². The van der Waals surface area contributed by atoms with Gasteiger partial charge in [0.15, 0.2) is 11.5 Å². The van der Waals surface area contributed by atoms with Crippen molar-refractivity contribution in [2.24, 2.45) is 11.8 Å². The van der Waals surface area contributed by atoms with Crippen LogP contribution >= 0.6 is 0 Å². The zero-order chi connectivity index (χ0) is 28.3. The van der Waals surface area contributed by atoms with Crippen LogP contribution in [0.3, 0.4) is 0 Å². The number of hydrogen-bond acceptors (Lipinski definition) is 8. The van der Waals surface area contributed by atoms with Gasteiger partial charge in [-0.25, -0.2) is 13.4 Å². The maximum atomic E-state index is 13.8. The quantitative estimate of drug-likeness (QED) is 0.375. The maximum Gasteiger partial charge on any atom is 0.302 e. The second kappa shape index (κ2) is 12.0. The van der Waals surface area contributed by atoms with Crippen molar-refractivity contribution in [3.8, 4) is 0 Å². The zero-order valence-electron chi connectivity index (χ0n) is 22.9. The first-order valence-electron chi connectivity index (χ1n) is 13.8. The molecule has 1 amide bonds. The number of likely N-dealkylation sites (tertiary alicyclic amines) is 1. The second-order valence-electron chi connectivity index (χ2n) is 10.8. The summed E-state index contributed by atoms with van der Waals surface area (Å²) in [6.07, 6.45) is 3.01. The van der Waals surface area contributed by atoms with E-state index in [1.54, 1.807) is 23.1 Å². The van der Waals surface area contributed by atoms with Crippen LogP contribution in [-0.2, 0) is 37.2 Å². The fourth-order valence-electron chi connectivity index (χ4n) is 5.54. The highest BCUT2D eigenvalue weighted by atomic mass is 32.2. The van der Waals surface area contributed by atoms with Crippen LogP contribution in [0.2, 0.25) is 0 Å². The van der Waals surface area contributed by atoms with Gasteiger partial charge in [-0.2, -0.15) is 4.72 Å². The van der Waals surface area contributed by atoms with Crippen LogP contribution in [0.1, 0.15) is 44.6 Å². The smallest absolute Gasteiger partial charge is 0.302 e. The summed E-state index contributed by atoms with van der Waals surface area (Å²) in [5.41, 5.74) is 2.76. The van der Waals surface area contributed by atoms with Gasteiger partial charge in [0.25, 0.3) is 0 Å². The lowest BCUT2D eigenvalue weighted by Crippen LogP contribution is -2.51. The molecular weight excluding hydrogens is 532 g/mol. The number of amides is 1. The Balaban J connectivity index is 1.36. The van der Waals surface area contributed by atoms with Crippen molar-refractivity contribution < 1.29 is 27.2 Å². The molecule has 214 valence electrons. The molecule has 0 bridgehead atoms. The molecule has 2 atom stereocenters. The predicted octanol–water partition coefficient (Wildman–Crippen LogP) is 3.51. The fraction of sp³-hybridized carbons (Fsp3) is 0.483. The van der Waals surface area contributed by atoms with E-state index < -0.39 is 16.1 Å². The first kappa shape index (κ1) is 28.1. The summed E-state index contributed by atoms with van der Waals surface area (Å²) < 4.78 is 41.2. The van der Waals surface area contributed by atoms with E-state index in [1.165, 1.54) is 6.92 Å². The van der Waals surface area contributed by atoms with Crippen molar-refractivity contribution in [3.63, 3.8) is 0 Å². The molecule has 2 aliphatic rings. The molecule has 40 heavy (non-hydrogen) atoms. The lowest BCUT2D eigenvalue weighted by Gasteiger charge is -2.34. The number of anilines is 1. The Morgan fingerprint density at radius 2 is 1.95 bits per heavy atom. The Labute approximate surface area is 234 Å². The number of carbonyl (C=O) groups is 2. The molecule has 2 aliphatic heterocycles. The minimum atomic E-state index is -4.06. The van der Waals surface area contributed by atoms with Gasteiger partial charge in [0, 0.05) is 33.0 Å². The molecule has 0 saturated carbocycles. The first-order chi connectivity index (χ1) is 19.2. The Bertz CT molecular complexity index is 1450. The molecule has 11 heteroatoms. The third-order valence-corrected chi connectivity index (χ3v) is 9.18. The fourth-order valence-corrected chi connectivity index (χ4v) is 6.95. The third kappa shape index (κ3) is 6.47. The number of piperidine rings is 1. The monoisotopic (exact) mass is 568 g/mol. The number of rotatable bonds is 9. The molecule has 2 N–H and O–H groups in total. The molecule has 1 aromatic heterocycles. The zero-order valence-corrected chi connectivity index (χ0v) is 23.7. The van der Waals surface area contributed by atoms with Gasteiger partial charge in [-0.05, 0) is 61.3 Å². The predicted molar refractivity (Wildman–Crippen MR) is 150 cm³/mol. The molecule has 10 nitrogen and oxygen atoms in total. The van der Waals surface area contributed by atoms with Crippen molar-refractivity contribution in [1.82, 2.24) is 14.6 Å². The number of nitrogens with one attached hydrogen (secondary N) is 2. The van der Waals surface area contributed by atoms with Gasteiger partial charge in [-0.1, -0.05) is 31.2 Å². The van der Waals surface area contributed by atoms with Crippen molar-refractivity contribution >= 4 is 38.7 Å². The van der Waals surface area contributed by atoms with Crippen LogP contribution in [0.5, 0.6) is 0 Å². The summed E-state index contributed by atoms with van der Waals surface area (Å²) in [7, 11) is -4.06. The number of sulfonamides is 1. The molecule has 1 saturated heterocycles. The van der Waals surface area contributed by atoms with E-state index in [2.05, 4.69) is 21.9 Å². The molecule has 3 aromatic rings. The first-order valence-corrected chi connectivity index (χ1v) is 15.3. The van der Waals surface area contributed by atoms with E-state index in [4.69, 9.17) is 9.15 Å². The van der Waals surface area contributed by atoms with Crippen molar-refractivity contribution in [2.45, 2.75) is 56.9 Å². The van der Waals surface area contributed by atoms with E-state index in [0.29, 0.717) is 60.8 Å². The van der Waals surface area contributed by atoms with Gasteiger partial charge in [-0.15, -0.1) is 0 Å². The van der Waals surface area contributed by atoms with Crippen LogP contribution in [0.4, 0.5) is 5.69 Å². The summed E-state index contributed by atoms with van der Waals surface area (Å²) in [5, 5.41) is 3.27. The van der Waals surface area contributed by atoms with E-state index in [0.717, 1.165) is 31.2 Å². The van der Waals surface area contributed by atoms with Gasteiger partial charge in [0.2, 0.25) is 15.9 Å². The molecule has 0 aliphatic carbocycles. The van der Waals surface area contributed by atoms with E-state index >= 15 is 0 Å². The lowest BCUT2D eigenvalue weighted by atomic mass is 9.93. The largest absolute Gasteiger partial charge is 0.466 e. The second-order valence-corrected chi connectivity index (χ2v) is 12.5. The highest BCUT2D eigenvalue weighted by Gasteiger charge is 2.34. The summed E-state index contributed by atoms with van der Waals surface area (Å²) in [6.45, 7) is 5.54. The van der Waals surface area contributed by atoms with Crippen LogP contribution in [-0.4, -0.2) is 62.5 Å². The normalized spacial score (nSPS) is 18.6. The Morgan fingerprint density at radius 1 is 1.18 bits per heavy atom. The Morgan fingerprint density at radius 3 is 2.70 bits per heavy atom. The minimum absolute atomic E-state index is 0.0153. The summed E-state index contributed by atoms with van der Waals surface area (Å²) in [4.78, 5) is 31.2. The molecule has 5 rings (SSSR count). The summed E-state index contributed by atoms with van der Waals surface area (Å²) in [5.74, 6) is 0.409. The molecule has 3 heterocycles. The number of aromatic nitrogens is 1. The van der Waals surface area contributed by atoms with Gasteiger partial charge in [-0.3, -0.25) is 9.59 Å². The maximum absolute atomic E-state index is 13.8. The molecule has 1 fully saturated rings. The van der Waals surface area contributed by atoms with Gasteiger partial charge in [0.1, 0.15) is 16.5 Å². The summed E-state index contributed by atoms with van der Waals surface area (Å²) in [6, 6.07) is 11.4. The third-order valence-electron chi connectivity index (χ3n) is 7.67. The molecule has 1 unspecified atom stereocenters. The summed E-state index contributed by atoms with van der Waals surface area (Å²) >= 11 is 0. The van der Waals surface area contributed by atoms with E-state index in [9.17, 15) is 18.0 Å². The minimum Gasteiger partial charge on any atom is -0.466 e. The molecular formula is C29H36N4O6S. The molecule has 0 radical (unpaired) electrons. The van der Waals surface area contributed by atoms with Crippen LogP contribution in [0.15, 0.2) is 51.8 Å². The number of hydrogen-bond donors (Lipinski definition) is 2. The highest BCUT2D eigenvalue weighted by Crippen LogP contribution is 2.31. The van der Waals surface area contributed by atoms with Crippen LogP contribution in [0.25, 0.3) is 11.1 Å². The average molecular weight is 569 g/mol.